The number of aryl methyl sites for hydroxylation is 1. The molecular formula is C23H26N6O2. The number of pyridine rings is 1. The summed E-state index contributed by atoms with van der Waals surface area (Å²) in [5.41, 5.74) is 1.85. The highest BCUT2D eigenvalue weighted by Crippen LogP contribution is 2.20. The van der Waals surface area contributed by atoms with E-state index in [1.54, 1.807) is 7.11 Å². The van der Waals surface area contributed by atoms with E-state index in [1.807, 2.05) is 66.4 Å². The number of ether oxygens (including phenoxy) is 1. The summed E-state index contributed by atoms with van der Waals surface area (Å²) in [7, 11) is 1.63. The van der Waals surface area contributed by atoms with Gasteiger partial charge in [-0.25, -0.2) is 4.98 Å². The molecule has 8 nitrogen and oxygen atoms in total. The number of hydrogen-bond acceptors (Lipinski definition) is 7. The average Bonchev–Trinajstić information content (AvgIpc) is 2.80. The third-order valence-corrected chi connectivity index (χ3v) is 5.29. The van der Waals surface area contributed by atoms with Gasteiger partial charge in [0.1, 0.15) is 11.6 Å². The standard InChI is InChI=1S/C23H26N6O2/c1-17-6-5-9-20(24-17)25-21-10-11-22(27-26-21)28-12-14-29(15-13-28)23(30)16-18-7-3-4-8-19(18)31-2/h3-11H,12-16H2,1-2H3,(H,24,25,26). The normalized spacial score (nSPS) is 13.7. The Bertz CT molecular complexity index is 1030. The van der Waals surface area contributed by atoms with Gasteiger partial charge < -0.3 is 19.9 Å². The van der Waals surface area contributed by atoms with Gasteiger partial charge in [0.15, 0.2) is 11.6 Å². The van der Waals surface area contributed by atoms with Crippen LogP contribution < -0.4 is 15.0 Å². The van der Waals surface area contributed by atoms with Gasteiger partial charge in [-0.15, -0.1) is 10.2 Å². The molecule has 1 aromatic carbocycles. The van der Waals surface area contributed by atoms with Crippen molar-refractivity contribution in [1.29, 1.82) is 0 Å². The second-order valence-corrected chi connectivity index (χ2v) is 7.42. The lowest BCUT2D eigenvalue weighted by Crippen LogP contribution is -2.49. The fourth-order valence-corrected chi connectivity index (χ4v) is 3.61. The van der Waals surface area contributed by atoms with E-state index in [2.05, 4.69) is 25.4 Å². The number of carbonyl (C=O) groups excluding carboxylic acids is 1. The van der Waals surface area contributed by atoms with Crippen LogP contribution in [0.4, 0.5) is 17.5 Å². The van der Waals surface area contributed by atoms with E-state index in [-0.39, 0.29) is 5.91 Å². The molecule has 31 heavy (non-hydrogen) atoms. The number of nitrogens with zero attached hydrogens (tertiary/aromatic N) is 5. The van der Waals surface area contributed by atoms with Crippen LogP contribution in [0, 0.1) is 6.92 Å². The molecule has 160 valence electrons. The fraction of sp³-hybridized carbons (Fsp3) is 0.304. The first-order chi connectivity index (χ1) is 15.1. The highest BCUT2D eigenvalue weighted by Gasteiger charge is 2.23. The molecule has 0 aliphatic carbocycles. The zero-order chi connectivity index (χ0) is 21.6. The Balaban J connectivity index is 1.31. The first kappa shape index (κ1) is 20.6. The molecule has 3 heterocycles. The first-order valence-electron chi connectivity index (χ1n) is 10.3. The van der Waals surface area contributed by atoms with E-state index in [4.69, 9.17) is 4.74 Å². The van der Waals surface area contributed by atoms with Crippen molar-refractivity contribution in [2.24, 2.45) is 0 Å². The summed E-state index contributed by atoms with van der Waals surface area (Å²) in [6.45, 7) is 4.70. The van der Waals surface area contributed by atoms with Gasteiger partial charge >= 0.3 is 0 Å². The van der Waals surface area contributed by atoms with E-state index in [1.165, 1.54) is 0 Å². The molecule has 1 aliphatic heterocycles. The first-order valence-corrected chi connectivity index (χ1v) is 10.3. The Hall–Kier alpha value is -3.68. The van der Waals surface area contributed by atoms with Gasteiger partial charge in [0, 0.05) is 37.4 Å². The van der Waals surface area contributed by atoms with Crippen LogP contribution in [-0.2, 0) is 11.2 Å². The Morgan fingerprint density at radius 1 is 0.968 bits per heavy atom. The third kappa shape index (κ3) is 5.09. The van der Waals surface area contributed by atoms with Crippen LogP contribution in [0.1, 0.15) is 11.3 Å². The smallest absolute Gasteiger partial charge is 0.227 e. The highest BCUT2D eigenvalue weighted by molar-refractivity contribution is 5.79. The molecule has 8 heteroatoms. The van der Waals surface area contributed by atoms with Crippen LogP contribution in [0.2, 0.25) is 0 Å². The molecule has 1 saturated heterocycles. The number of anilines is 3. The number of nitrogens with one attached hydrogen (secondary N) is 1. The number of benzene rings is 1. The summed E-state index contributed by atoms with van der Waals surface area (Å²) in [5, 5.41) is 11.8. The lowest BCUT2D eigenvalue weighted by molar-refractivity contribution is -0.130. The van der Waals surface area contributed by atoms with E-state index in [9.17, 15) is 4.79 Å². The number of piperazine rings is 1. The third-order valence-electron chi connectivity index (χ3n) is 5.29. The van der Waals surface area contributed by atoms with Crippen LogP contribution >= 0.6 is 0 Å². The number of hydrogen-bond donors (Lipinski definition) is 1. The average molecular weight is 419 g/mol. The zero-order valence-electron chi connectivity index (χ0n) is 17.8. The second kappa shape index (κ2) is 9.42. The van der Waals surface area contributed by atoms with E-state index >= 15 is 0 Å². The van der Waals surface area contributed by atoms with Crippen molar-refractivity contribution in [3.8, 4) is 5.75 Å². The summed E-state index contributed by atoms with van der Waals surface area (Å²) in [4.78, 5) is 21.2. The molecule has 1 amide bonds. The van der Waals surface area contributed by atoms with Gasteiger partial charge in [-0.1, -0.05) is 24.3 Å². The van der Waals surface area contributed by atoms with Crippen LogP contribution in [0.25, 0.3) is 0 Å². The number of para-hydroxylation sites is 1. The van der Waals surface area contributed by atoms with Crippen molar-refractivity contribution >= 4 is 23.4 Å². The fourth-order valence-electron chi connectivity index (χ4n) is 3.61. The summed E-state index contributed by atoms with van der Waals surface area (Å²) in [5.74, 6) is 3.05. The molecule has 0 spiro atoms. The maximum Gasteiger partial charge on any atom is 0.227 e. The van der Waals surface area contributed by atoms with Crippen molar-refractivity contribution < 1.29 is 9.53 Å². The minimum Gasteiger partial charge on any atom is -0.496 e. The van der Waals surface area contributed by atoms with Crippen LogP contribution in [-0.4, -0.2) is 59.3 Å². The summed E-state index contributed by atoms with van der Waals surface area (Å²) < 4.78 is 5.36. The topological polar surface area (TPSA) is 83.5 Å². The Morgan fingerprint density at radius 2 is 1.77 bits per heavy atom. The molecule has 0 atom stereocenters. The molecule has 2 aromatic heterocycles. The maximum atomic E-state index is 12.7. The van der Waals surface area contributed by atoms with Gasteiger partial charge in [0.2, 0.25) is 5.91 Å². The van der Waals surface area contributed by atoms with Gasteiger partial charge in [0.25, 0.3) is 0 Å². The Kier molecular flexibility index (Phi) is 6.26. The minimum atomic E-state index is 0.112. The summed E-state index contributed by atoms with van der Waals surface area (Å²) >= 11 is 0. The van der Waals surface area contributed by atoms with Crippen molar-refractivity contribution in [3.05, 3.63) is 65.9 Å². The molecule has 0 bridgehead atoms. The van der Waals surface area contributed by atoms with E-state index < -0.39 is 0 Å². The maximum absolute atomic E-state index is 12.7. The van der Waals surface area contributed by atoms with Crippen molar-refractivity contribution in [1.82, 2.24) is 20.1 Å². The lowest BCUT2D eigenvalue weighted by Gasteiger charge is -2.35. The number of carbonyl (C=O) groups is 1. The summed E-state index contributed by atoms with van der Waals surface area (Å²) in [6.07, 6.45) is 0.344. The number of amides is 1. The number of methoxy groups -OCH3 is 1. The van der Waals surface area contributed by atoms with Crippen molar-refractivity contribution in [3.63, 3.8) is 0 Å². The monoisotopic (exact) mass is 418 g/mol. The molecule has 1 N–H and O–H groups in total. The van der Waals surface area contributed by atoms with Gasteiger partial charge in [-0.05, 0) is 37.3 Å². The van der Waals surface area contributed by atoms with Gasteiger partial charge in [-0.3, -0.25) is 4.79 Å². The van der Waals surface area contributed by atoms with Crippen molar-refractivity contribution in [2.45, 2.75) is 13.3 Å². The predicted octanol–water partition coefficient (Wildman–Crippen LogP) is 2.82. The largest absolute Gasteiger partial charge is 0.496 e. The molecule has 3 aromatic rings. The van der Waals surface area contributed by atoms with Crippen LogP contribution in [0.3, 0.4) is 0 Å². The number of rotatable bonds is 6. The number of aromatic nitrogens is 3. The Labute approximate surface area is 181 Å². The predicted molar refractivity (Wildman–Crippen MR) is 120 cm³/mol. The molecule has 4 rings (SSSR count). The summed E-state index contributed by atoms with van der Waals surface area (Å²) in [6, 6.07) is 17.3. The molecular weight excluding hydrogens is 392 g/mol. The van der Waals surface area contributed by atoms with E-state index in [0.29, 0.717) is 25.3 Å². The molecule has 0 radical (unpaired) electrons. The van der Waals surface area contributed by atoms with Crippen LogP contribution in [0.5, 0.6) is 5.75 Å². The minimum absolute atomic E-state index is 0.112. The molecule has 1 aliphatic rings. The van der Waals surface area contributed by atoms with Gasteiger partial charge in [-0.2, -0.15) is 0 Å². The quantitative estimate of drug-likeness (QED) is 0.659. The second-order valence-electron chi connectivity index (χ2n) is 7.42. The molecule has 0 unspecified atom stereocenters. The Morgan fingerprint density at radius 3 is 2.48 bits per heavy atom. The van der Waals surface area contributed by atoms with E-state index in [0.717, 1.165) is 41.7 Å². The highest BCUT2D eigenvalue weighted by atomic mass is 16.5. The SMILES string of the molecule is COc1ccccc1CC(=O)N1CCN(c2ccc(Nc3cccc(C)n3)nn2)CC1. The zero-order valence-corrected chi connectivity index (χ0v) is 17.8. The molecule has 0 saturated carbocycles. The van der Waals surface area contributed by atoms with Crippen molar-refractivity contribution in [2.75, 3.05) is 43.5 Å². The van der Waals surface area contributed by atoms with Gasteiger partial charge in [0.05, 0.1) is 13.5 Å². The lowest BCUT2D eigenvalue weighted by atomic mass is 10.1. The molecule has 1 fully saturated rings. The van der Waals surface area contributed by atoms with Crippen LogP contribution in [0.15, 0.2) is 54.6 Å².